The Balaban J connectivity index is 2.28. The summed E-state index contributed by atoms with van der Waals surface area (Å²) >= 11 is 0. The molecule has 0 aliphatic carbocycles. The van der Waals surface area contributed by atoms with E-state index in [9.17, 15) is 0 Å². The van der Waals surface area contributed by atoms with Crippen LogP contribution in [0.4, 0.5) is 5.69 Å². The summed E-state index contributed by atoms with van der Waals surface area (Å²) in [6.07, 6.45) is 2.22. The van der Waals surface area contributed by atoms with Gasteiger partial charge in [0.25, 0.3) is 0 Å². The molecule has 1 aliphatic rings. The molecule has 4 heteroatoms. The third kappa shape index (κ3) is 3.80. The van der Waals surface area contributed by atoms with Gasteiger partial charge in [-0.3, -0.25) is 9.80 Å². The molecule has 4 nitrogen and oxygen atoms in total. The van der Waals surface area contributed by atoms with Gasteiger partial charge in [-0.25, -0.2) is 5.84 Å². The first-order valence-electron chi connectivity index (χ1n) is 8.49. The third-order valence-corrected chi connectivity index (χ3v) is 4.80. The van der Waals surface area contributed by atoms with E-state index < -0.39 is 0 Å². The van der Waals surface area contributed by atoms with Crippen molar-refractivity contribution in [1.29, 1.82) is 0 Å². The number of rotatable bonds is 5. The fourth-order valence-electron chi connectivity index (χ4n) is 3.35. The molecule has 22 heavy (non-hydrogen) atoms. The van der Waals surface area contributed by atoms with Gasteiger partial charge in [-0.1, -0.05) is 25.5 Å². The molecule has 0 saturated carbocycles. The van der Waals surface area contributed by atoms with Gasteiger partial charge in [-0.05, 0) is 44.5 Å². The Morgan fingerprint density at radius 1 is 1.32 bits per heavy atom. The normalized spacial score (nSPS) is 20.6. The van der Waals surface area contributed by atoms with Crippen LogP contribution in [0, 0.1) is 0 Å². The monoisotopic (exact) mass is 304 g/mol. The van der Waals surface area contributed by atoms with Crippen molar-refractivity contribution < 1.29 is 0 Å². The predicted molar refractivity (Wildman–Crippen MR) is 95.1 cm³/mol. The van der Waals surface area contributed by atoms with Crippen LogP contribution in [-0.4, -0.2) is 49.6 Å². The minimum atomic E-state index is 0.476. The average molecular weight is 304 g/mol. The number of hydrogen-bond acceptors (Lipinski definition) is 4. The van der Waals surface area contributed by atoms with E-state index in [-0.39, 0.29) is 0 Å². The van der Waals surface area contributed by atoms with Crippen molar-refractivity contribution in [3.63, 3.8) is 0 Å². The predicted octanol–water partition coefficient (Wildman–Crippen LogP) is 2.65. The van der Waals surface area contributed by atoms with Crippen molar-refractivity contribution in [3.8, 4) is 0 Å². The van der Waals surface area contributed by atoms with Crippen LogP contribution in [0.2, 0.25) is 0 Å². The second-order valence-corrected chi connectivity index (χ2v) is 6.83. The molecule has 0 aromatic heterocycles. The summed E-state index contributed by atoms with van der Waals surface area (Å²) in [5, 5.41) is 1.74. The molecule has 124 valence electrons. The minimum absolute atomic E-state index is 0.476. The highest BCUT2D eigenvalue weighted by atomic mass is 15.4. The van der Waals surface area contributed by atoms with E-state index in [2.05, 4.69) is 55.8 Å². The fourth-order valence-corrected chi connectivity index (χ4v) is 3.35. The Morgan fingerprint density at radius 3 is 2.64 bits per heavy atom. The Bertz CT molecular complexity index is 484. The quantitative estimate of drug-likeness (QED) is 0.670. The number of benzene rings is 1. The zero-order valence-electron chi connectivity index (χ0n) is 14.8. The van der Waals surface area contributed by atoms with E-state index in [1.807, 2.05) is 7.05 Å². The maximum atomic E-state index is 5.98. The molecule has 2 N–H and O–H groups in total. The summed E-state index contributed by atoms with van der Waals surface area (Å²) in [4.78, 5) is 5.06. The summed E-state index contributed by atoms with van der Waals surface area (Å²) in [6.45, 7) is 10.2. The number of piperazine rings is 1. The molecular weight excluding hydrogens is 272 g/mol. The summed E-state index contributed by atoms with van der Waals surface area (Å²) in [5.74, 6) is 5.98. The van der Waals surface area contributed by atoms with E-state index in [1.165, 1.54) is 11.1 Å². The standard InChI is InChI=1S/C18H32N4/c1-6-7-15-12-16(8-9-17(15)21(5)19)18-13-22(14(2)3)11-10-20(18)4/h8-9,12,14,18H,6-7,10-11,13,19H2,1-5H3. The molecule has 1 heterocycles. The van der Waals surface area contributed by atoms with Crippen molar-refractivity contribution in [2.75, 3.05) is 38.7 Å². The topological polar surface area (TPSA) is 35.7 Å². The molecule has 1 aliphatic heterocycles. The molecule has 1 aromatic carbocycles. The molecule has 0 radical (unpaired) electrons. The second-order valence-electron chi connectivity index (χ2n) is 6.83. The lowest BCUT2D eigenvalue weighted by atomic mass is 9.97. The van der Waals surface area contributed by atoms with Gasteiger partial charge < -0.3 is 5.01 Å². The van der Waals surface area contributed by atoms with Gasteiger partial charge in [0.15, 0.2) is 0 Å². The number of anilines is 1. The average Bonchev–Trinajstić information content (AvgIpc) is 2.47. The van der Waals surface area contributed by atoms with Crippen molar-refractivity contribution in [3.05, 3.63) is 29.3 Å². The SMILES string of the molecule is CCCc1cc(C2CN(C(C)C)CCN2C)ccc1N(C)N. The van der Waals surface area contributed by atoms with Crippen LogP contribution >= 0.6 is 0 Å². The zero-order chi connectivity index (χ0) is 16.3. The Labute approximate surface area is 135 Å². The number of hydrogen-bond donors (Lipinski definition) is 1. The van der Waals surface area contributed by atoms with Crippen molar-refractivity contribution in [2.24, 2.45) is 5.84 Å². The molecule has 0 bridgehead atoms. The first kappa shape index (κ1) is 17.3. The van der Waals surface area contributed by atoms with Crippen molar-refractivity contribution in [1.82, 2.24) is 9.80 Å². The highest BCUT2D eigenvalue weighted by Gasteiger charge is 2.27. The highest BCUT2D eigenvalue weighted by Crippen LogP contribution is 2.29. The fraction of sp³-hybridized carbons (Fsp3) is 0.667. The maximum Gasteiger partial charge on any atom is 0.0546 e. The Kier molecular flexibility index (Phi) is 5.84. The van der Waals surface area contributed by atoms with Crippen molar-refractivity contribution in [2.45, 2.75) is 45.7 Å². The Morgan fingerprint density at radius 2 is 2.05 bits per heavy atom. The van der Waals surface area contributed by atoms with Crippen molar-refractivity contribution >= 4 is 5.69 Å². The summed E-state index contributed by atoms with van der Waals surface area (Å²) < 4.78 is 0. The first-order chi connectivity index (χ1) is 10.4. The van der Waals surface area contributed by atoms with E-state index in [1.54, 1.807) is 5.01 Å². The molecule has 1 atom stereocenters. The molecule has 1 fully saturated rings. The van der Waals surface area contributed by atoms with Gasteiger partial charge in [0.1, 0.15) is 0 Å². The minimum Gasteiger partial charge on any atom is -0.314 e. The lowest BCUT2D eigenvalue weighted by Crippen LogP contribution is -2.49. The van der Waals surface area contributed by atoms with Gasteiger partial charge in [-0.2, -0.15) is 0 Å². The lowest BCUT2D eigenvalue weighted by molar-refractivity contribution is 0.0745. The van der Waals surface area contributed by atoms with E-state index >= 15 is 0 Å². The van der Waals surface area contributed by atoms with Crippen LogP contribution in [-0.2, 0) is 6.42 Å². The van der Waals surface area contributed by atoms with Crippen LogP contribution in [0.1, 0.15) is 44.4 Å². The maximum absolute atomic E-state index is 5.98. The summed E-state index contributed by atoms with van der Waals surface area (Å²) in [6, 6.07) is 7.89. The molecule has 1 aromatic rings. The van der Waals surface area contributed by atoms with Gasteiger partial charge in [-0.15, -0.1) is 0 Å². The van der Waals surface area contributed by atoms with Gasteiger partial charge in [0, 0.05) is 38.8 Å². The lowest BCUT2D eigenvalue weighted by Gasteiger charge is -2.41. The number of hydrazine groups is 1. The molecule has 0 amide bonds. The molecular formula is C18H32N4. The molecule has 1 unspecified atom stereocenters. The van der Waals surface area contributed by atoms with Gasteiger partial charge in [0.2, 0.25) is 0 Å². The van der Waals surface area contributed by atoms with E-state index in [0.717, 1.165) is 38.2 Å². The van der Waals surface area contributed by atoms with E-state index in [4.69, 9.17) is 5.84 Å². The summed E-state index contributed by atoms with van der Waals surface area (Å²) in [7, 11) is 4.16. The number of aryl methyl sites for hydroxylation is 1. The van der Waals surface area contributed by atoms with Crippen LogP contribution in [0.5, 0.6) is 0 Å². The molecule has 1 saturated heterocycles. The van der Waals surface area contributed by atoms with Gasteiger partial charge in [0.05, 0.1) is 5.69 Å². The second kappa shape index (κ2) is 7.44. The first-order valence-corrected chi connectivity index (χ1v) is 8.49. The highest BCUT2D eigenvalue weighted by molar-refractivity contribution is 5.54. The molecule has 0 spiro atoms. The zero-order valence-corrected chi connectivity index (χ0v) is 14.8. The third-order valence-electron chi connectivity index (χ3n) is 4.80. The summed E-state index contributed by atoms with van der Waals surface area (Å²) in [5.41, 5.74) is 3.92. The largest absolute Gasteiger partial charge is 0.314 e. The van der Waals surface area contributed by atoms with Crippen LogP contribution in [0.15, 0.2) is 18.2 Å². The number of likely N-dealkylation sites (N-methyl/N-ethyl adjacent to an activating group) is 1. The molecule has 2 rings (SSSR count). The Hall–Kier alpha value is -1.10. The number of nitrogens with two attached hydrogens (primary N) is 1. The van der Waals surface area contributed by atoms with Gasteiger partial charge >= 0.3 is 0 Å². The smallest absolute Gasteiger partial charge is 0.0546 e. The van der Waals surface area contributed by atoms with Crippen LogP contribution < -0.4 is 10.9 Å². The number of nitrogens with zero attached hydrogens (tertiary/aromatic N) is 3. The van der Waals surface area contributed by atoms with Crippen LogP contribution in [0.25, 0.3) is 0 Å². The van der Waals surface area contributed by atoms with E-state index in [0.29, 0.717) is 12.1 Å². The van der Waals surface area contributed by atoms with Crippen LogP contribution in [0.3, 0.4) is 0 Å².